The lowest BCUT2D eigenvalue weighted by molar-refractivity contribution is -0.142. The molecule has 0 aliphatic rings. The largest absolute Gasteiger partial charge is 0.463 e. The first kappa shape index (κ1) is 12.6. The van der Waals surface area contributed by atoms with Crippen molar-refractivity contribution in [1.29, 1.82) is 5.41 Å². The maximum atomic E-state index is 10.0. The fourth-order valence-corrected chi connectivity index (χ4v) is 0.269. The van der Waals surface area contributed by atoms with E-state index in [2.05, 4.69) is 15.2 Å². The van der Waals surface area contributed by atoms with Gasteiger partial charge in [-0.05, 0) is 0 Å². The van der Waals surface area contributed by atoms with Crippen molar-refractivity contribution in [2.45, 2.75) is 6.92 Å². The van der Waals surface area contributed by atoms with Gasteiger partial charge in [0.1, 0.15) is 6.61 Å². The molecule has 0 atom stereocenters. The van der Waals surface area contributed by atoms with Crippen molar-refractivity contribution in [1.82, 2.24) is 0 Å². The Hall–Kier alpha value is -1.10. The highest BCUT2D eigenvalue weighted by Crippen LogP contribution is 1.74. The van der Waals surface area contributed by atoms with Gasteiger partial charge in [0.05, 0.1) is 12.9 Å². The van der Waals surface area contributed by atoms with Crippen molar-refractivity contribution in [3.63, 3.8) is 0 Å². The molecule has 0 rings (SSSR count). The van der Waals surface area contributed by atoms with Crippen molar-refractivity contribution < 1.29 is 14.3 Å². The summed E-state index contributed by atoms with van der Waals surface area (Å²) in [6, 6.07) is 0. The summed E-state index contributed by atoms with van der Waals surface area (Å²) in [6.07, 6.45) is 0.750. The van der Waals surface area contributed by atoms with E-state index >= 15 is 0 Å². The monoisotopic (exact) mass is 162 g/mol. The summed E-state index contributed by atoms with van der Waals surface area (Å²) < 4.78 is 9.13. The highest BCUT2D eigenvalue weighted by Gasteiger charge is 1.88. The molecule has 0 aromatic heterocycles. The molecular formula is C6H14N2O3. The molecule has 0 saturated carbocycles. The van der Waals surface area contributed by atoms with E-state index in [0.29, 0.717) is 13.2 Å². The molecule has 0 aromatic carbocycles. The minimum absolute atomic E-state index is 0.262. The van der Waals surface area contributed by atoms with Gasteiger partial charge in [-0.1, -0.05) is 0 Å². The van der Waals surface area contributed by atoms with Crippen LogP contribution in [0.1, 0.15) is 6.92 Å². The van der Waals surface area contributed by atoms with Crippen LogP contribution >= 0.6 is 0 Å². The number of hydrogen-bond acceptors (Lipinski definition) is 4. The Morgan fingerprint density at radius 1 is 1.64 bits per heavy atom. The number of carbonyl (C=O) groups excluding carboxylic acids is 1. The number of carbonyl (C=O) groups is 1. The minimum Gasteiger partial charge on any atom is -0.463 e. The Balaban J connectivity index is 0. The van der Waals surface area contributed by atoms with Crippen LogP contribution < -0.4 is 5.73 Å². The van der Waals surface area contributed by atoms with E-state index in [9.17, 15) is 4.79 Å². The third kappa shape index (κ3) is 27.9. The van der Waals surface area contributed by atoms with Crippen LogP contribution in [0.4, 0.5) is 0 Å². The molecule has 11 heavy (non-hydrogen) atoms. The topological polar surface area (TPSA) is 85.4 Å². The predicted molar refractivity (Wildman–Crippen MR) is 41.5 cm³/mol. The number of ether oxygens (including phenoxy) is 2. The fraction of sp³-hybridized carbons (Fsp3) is 0.667. The summed E-state index contributed by atoms with van der Waals surface area (Å²) in [7, 11) is 1.56. The van der Waals surface area contributed by atoms with Gasteiger partial charge in [0.2, 0.25) is 0 Å². The Kier molecular flexibility index (Phi) is 13.3. The van der Waals surface area contributed by atoms with Gasteiger partial charge in [-0.25, -0.2) is 0 Å². The summed E-state index contributed by atoms with van der Waals surface area (Å²) in [5.74, 6) is -0.262. The summed E-state index contributed by atoms with van der Waals surface area (Å²) in [5.41, 5.74) is 4.39. The van der Waals surface area contributed by atoms with Crippen molar-refractivity contribution in [2.75, 3.05) is 20.3 Å². The minimum atomic E-state index is -0.262. The van der Waals surface area contributed by atoms with Gasteiger partial charge in [-0.3, -0.25) is 10.2 Å². The molecule has 0 unspecified atom stereocenters. The first-order valence-electron chi connectivity index (χ1n) is 3.02. The van der Waals surface area contributed by atoms with E-state index < -0.39 is 0 Å². The number of esters is 1. The predicted octanol–water partition coefficient (Wildman–Crippen LogP) is -0.252. The van der Waals surface area contributed by atoms with Gasteiger partial charge < -0.3 is 15.2 Å². The second kappa shape index (κ2) is 11.7. The Labute approximate surface area is 66.0 Å². The number of methoxy groups -OCH3 is 1. The smallest absolute Gasteiger partial charge is 0.302 e. The van der Waals surface area contributed by atoms with Crippen molar-refractivity contribution in [3.8, 4) is 0 Å². The summed E-state index contributed by atoms with van der Waals surface area (Å²) in [4.78, 5) is 10.0. The molecule has 0 amide bonds. The number of hydrogen-bond donors (Lipinski definition) is 2. The van der Waals surface area contributed by atoms with Crippen LogP contribution in [0.15, 0.2) is 0 Å². The highest BCUT2D eigenvalue weighted by atomic mass is 16.6. The molecule has 0 aliphatic carbocycles. The van der Waals surface area contributed by atoms with Gasteiger partial charge in [0.15, 0.2) is 0 Å². The van der Waals surface area contributed by atoms with Gasteiger partial charge in [0.25, 0.3) is 0 Å². The number of nitrogens with one attached hydrogen (secondary N) is 1. The molecule has 0 bridgehead atoms. The zero-order valence-electron chi connectivity index (χ0n) is 6.79. The number of nitrogens with two attached hydrogens (primary N) is 1. The molecule has 66 valence electrons. The van der Waals surface area contributed by atoms with Crippen LogP contribution in [0.2, 0.25) is 0 Å². The first-order valence-corrected chi connectivity index (χ1v) is 3.02. The zero-order chi connectivity index (χ0) is 9.11. The standard InChI is InChI=1S/C5H10O3.CH4N2/c1-5(6)8-4-3-7-2;2-1-3/h3-4H2,1-2H3;1H,(H3,2,3). The van der Waals surface area contributed by atoms with Gasteiger partial charge in [-0.2, -0.15) is 0 Å². The zero-order valence-corrected chi connectivity index (χ0v) is 6.79. The van der Waals surface area contributed by atoms with Gasteiger partial charge in [0, 0.05) is 14.0 Å². The molecule has 0 radical (unpaired) electrons. The third-order valence-electron chi connectivity index (χ3n) is 0.593. The highest BCUT2D eigenvalue weighted by molar-refractivity contribution is 5.65. The van der Waals surface area contributed by atoms with Crippen LogP contribution in [-0.2, 0) is 14.3 Å². The third-order valence-corrected chi connectivity index (χ3v) is 0.593. The lowest BCUT2D eigenvalue weighted by Crippen LogP contribution is -2.05. The van der Waals surface area contributed by atoms with E-state index in [-0.39, 0.29) is 5.97 Å². The Morgan fingerprint density at radius 2 is 2.09 bits per heavy atom. The first-order chi connectivity index (χ1) is 5.18. The maximum absolute atomic E-state index is 10.0. The molecule has 0 aliphatic heterocycles. The van der Waals surface area contributed by atoms with Crippen LogP contribution in [-0.4, -0.2) is 32.6 Å². The molecule has 0 spiro atoms. The molecule has 5 nitrogen and oxygen atoms in total. The molecule has 0 heterocycles. The fourth-order valence-electron chi connectivity index (χ4n) is 0.269. The molecule has 0 aromatic rings. The Morgan fingerprint density at radius 3 is 2.36 bits per heavy atom. The molecule has 3 N–H and O–H groups in total. The second-order valence-corrected chi connectivity index (χ2v) is 1.50. The van der Waals surface area contributed by atoms with Gasteiger partial charge in [-0.15, -0.1) is 0 Å². The van der Waals surface area contributed by atoms with E-state index in [1.54, 1.807) is 7.11 Å². The SMILES string of the molecule is COCCOC(C)=O.N=CN. The van der Waals surface area contributed by atoms with Crippen LogP contribution in [0.25, 0.3) is 0 Å². The van der Waals surface area contributed by atoms with Gasteiger partial charge >= 0.3 is 5.97 Å². The Bertz CT molecular complexity index is 106. The maximum Gasteiger partial charge on any atom is 0.302 e. The summed E-state index contributed by atoms with van der Waals surface area (Å²) in [6.45, 7) is 2.20. The van der Waals surface area contributed by atoms with E-state index in [0.717, 1.165) is 6.34 Å². The van der Waals surface area contributed by atoms with E-state index in [1.807, 2.05) is 0 Å². The van der Waals surface area contributed by atoms with Crippen molar-refractivity contribution in [3.05, 3.63) is 0 Å². The lowest BCUT2D eigenvalue weighted by atomic mass is 10.7. The van der Waals surface area contributed by atoms with Crippen LogP contribution in [0.5, 0.6) is 0 Å². The molecule has 0 fully saturated rings. The van der Waals surface area contributed by atoms with Crippen LogP contribution in [0, 0.1) is 5.41 Å². The molecular weight excluding hydrogens is 148 g/mol. The van der Waals surface area contributed by atoms with Crippen molar-refractivity contribution >= 4 is 12.3 Å². The van der Waals surface area contributed by atoms with Crippen molar-refractivity contribution in [2.24, 2.45) is 5.73 Å². The van der Waals surface area contributed by atoms with Crippen LogP contribution in [0.3, 0.4) is 0 Å². The second-order valence-electron chi connectivity index (χ2n) is 1.50. The lowest BCUT2D eigenvalue weighted by Gasteiger charge is -1.97. The summed E-state index contributed by atoms with van der Waals surface area (Å²) in [5, 5.41) is 5.86. The van der Waals surface area contributed by atoms with E-state index in [1.165, 1.54) is 6.92 Å². The van der Waals surface area contributed by atoms with E-state index in [4.69, 9.17) is 5.41 Å². The number of rotatable bonds is 3. The average molecular weight is 162 g/mol. The quantitative estimate of drug-likeness (QED) is 0.259. The molecule has 5 heteroatoms. The summed E-state index contributed by atoms with van der Waals surface area (Å²) >= 11 is 0. The average Bonchev–Trinajstić information content (AvgIpc) is 1.89. The molecule has 0 saturated heterocycles. The normalized spacial score (nSPS) is 7.45.